The van der Waals surface area contributed by atoms with E-state index in [4.69, 9.17) is 0 Å². The van der Waals surface area contributed by atoms with Gasteiger partial charge in [0, 0.05) is 5.41 Å². The quantitative estimate of drug-likeness (QED) is 0.514. The Morgan fingerprint density at radius 3 is 1.58 bits per heavy atom. The molecule has 0 radical (unpaired) electrons. The summed E-state index contributed by atoms with van der Waals surface area (Å²) in [6.45, 7) is 1.75. The molecule has 0 spiro atoms. The first-order valence-electron chi connectivity index (χ1n) is 10.3. The Morgan fingerprint density at radius 2 is 1.23 bits per heavy atom. The van der Waals surface area contributed by atoms with Gasteiger partial charge >= 0.3 is 5.97 Å². The summed E-state index contributed by atoms with van der Waals surface area (Å²) in [5.41, 5.74) is 2.42. The summed E-state index contributed by atoms with van der Waals surface area (Å²) >= 11 is 0. The Kier molecular flexibility index (Phi) is 5.84. The van der Waals surface area contributed by atoms with Crippen LogP contribution in [0.2, 0.25) is 0 Å². The number of hydrogen-bond acceptors (Lipinski definition) is 2. The molecule has 0 heterocycles. The number of carboxylic acids is 1. The van der Waals surface area contributed by atoms with Crippen molar-refractivity contribution in [3.8, 4) is 0 Å². The van der Waals surface area contributed by atoms with Crippen LogP contribution in [-0.4, -0.2) is 16.9 Å². The maximum atomic E-state index is 11.6. The van der Waals surface area contributed by atoms with Crippen LogP contribution in [0.15, 0.2) is 24.3 Å². The van der Waals surface area contributed by atoms with Crippen molar-refractivity contribution in [1.29, 1.82) is 0 Å². The van der Waals surface area contributed by atoms with Gasteiger partial charge in [0.15, 0.2) is 0 Å². The number of unbranched alkanes of at least 4 members (excludes halogenated alkanes) is 2. The average Bonchev–Trinajstić information content (AvgIpc) is 3.52. The summed E-state index contributed by atoms with van der Waals surface area (Å²) in [6.07, 6.45) is 12.4. The van der Waals surface area contributed by atoms with Gasteiger partial charge in [-0.1, -0.05) is 37.1 Å². The molecule has 1 aromatic carbocycles. The molecule has 2 aliphatic rings. The van der Waals surface area contributed by atoms with Crippen molar-refractivity contribution >= 4 is 11.8 Å². The third-order valence-electron chi connectivity index (χ3n) is 6.67. The van der Waals surface area contributed by atoms with Crippen molar-refractivity contribution in [2.45, 2.75) is 84.0 Å². The molecule has 2 aliphatic carbocycles. The Bertz CT molecular complexity index is 579. The van der Waals surface area contributed by atoms with Crippen LogP contribution in [0.4, 0.5) is 0 Å². The molecule has 1 aromatic rings. The lowest BCUT2D eigenvalue weighted by molar-refractivity contribution is -0.143. The number of rotatable bonds is 12. The van der Waals surface area contributed by atoms with Crippen LogP contribution in [0, 0.1) is 10.8 Å². The number of aryl methyl sites for hydroxylation is 2. The minimum Gasteiger partial charge on any atom is -0.481 e. The summed E-state index contributed by atoms with van der Waals surface area (Å²) in [4.78, 5) is 22.8. The van der Waals surface area contributed by atoms with Gasteiger partial charge in [0.1, 0.15) is 5.78 Å². The smallest absolute Gasteiger partial charge is 0.309 e. The lowest BCUT2D eigenvalue weighted by Crippen LogP contribution is -2.14. The van der Waals surface area contributed by atoms with Crippen LogP contribution in [0.1, 0.15) is 82.3 Å². The van der Waals surface area contributed by atoms with Gasteiger partial charge in [0.2, 0.25) is 0 Å². The van der Waals surface area contributed by atoms with Crippen molar-refractivity contribution in [3.63, 3.8) is 0 Å². The number of hydrogen-bond donors (Lipinski definition) is 1. The zero-order valence-electron chi connectivity index (χ0n) is 16.1. The van der Waals surface area contributed by atoms with Crippen LogP contribution < -0.4 is 0 Å². The Labute approximate surface area is 157 Å². The van der Waals surface area contributed by atoms with Crippen molar-refractivity contribution in [2.75, 3.05) is 0 Å². The highest BCUT2D eigenvalue weighted by molar-refractivity contribution is 5.84. The summed E-state index contributed by atoms with van der Waals surface area (Å²) in [6, 6.07) is 8.90. The molecule has 0 bridgehead atoms. The fraction of sp³-hybridized carbons (Fsp3) is 0.652. The summed E-state index contributed by atoms with van der Waals surface area (Å²) in [5.74, 6) is -0.212. The van der Waals surface area contributed by atoms with E-state index in [0.29, 0.717) is 5.78 Å². The zero-order valence-corrected chi connectivity index (χ0v) is 16.1. The van der Waals surface area contributed by atoms with Crippen LogP contribution in [0.3, 0.4) is 0 Å². The Balaban J connectivity index is 1.31. The lowest BCUT2D eigenvalue weighted by atomic mass is 9.93. The molecule has 0 amide bonds. The van der Waals surface area contributed by atoms with Gasteiger partial charge in [-0.15, -0.1) is 0 Å². The largest absolute Gasteiger partial charge is 0.481 e. The van der Waals surface area contributed by atoms with Gasteiger partial charge in [0.25, 0.3) is 0 Å². The van der Waals surface area contributed by atoms with Crippen LogP contribution in [-0.2, 0) is 22.4 Å². The number of carbonyl (C=O) groups is 2. The highest BCUT2D eigenvalue weighted by Gasteiger charge is 2.49. The number of Topliss-reactive ketones (excluding diaryl/α,β-unsaturated/α-hetero) is 1. The molecule has 0 unspecified atom stereocenters. The number of carbonyl (C=O) groups excluding carboxylic acids is 1. The topological polar surface area (TPSA) is 54.4 Å². The van der Waals surface area contributed by atoms with Crippen molar-refractivity contribution in [2.24, 2.45) is 10.8 Å². The minimum absolute atomic E-state index is 0.0591. The summed E-state index contributed by atoms with van der Waals surface area (Å²) in [7, 11) is 0. The lowest BCUT2D eigenvalue weighted by Gasteiger charge is -2.11. The van der Waals surface area contributed by atoms with Crippen LogP contribution in [0.25, 0.3) is 0 Å². The van der Waals surface area contributed by atoms with E-state index in [1.54, 1.807) is 6.92 Å². The van der Waals surface area contributed by atoms with E-state index in [9.17, 15) is 14.7 Å². The van der Waals surface area contributed by atoms with Gasteiger partial charge in [-0.25, -0.2) is 0 Å². The van der Waals surface area contributed by atoms with E-state index in [1.807, 2.05) is 0 Å². The SMILES string of the molecule is CC(=O)C1(CCCCc2ccc(CCCCC3(C(=O)O)CC3)cc2)CC1. The molecule has 3 heteroatoms. The first-order chi connectivity index (χ1) is 12.5. The fourth-order valence-electron chi connectivity index (χ4n) is 4.11. The zero-order chi connectivity index (χ0) is 18.6. The number of benzene rings is 1. The molecule has 1 N–H and O–H groups in total. The minimum atomic E-state index is -0.599. The van der Waals surface area contributed by atoms with E-state index < -0.39 is 5.97 Å². The third kappa shape index (κ3) is 4.75. The van der Waals surface area contributed by atoms with Crippen molar-refractivity contribution in [3.05, 3.63) is 35.4 Å². The van der Waals surface area contributed by atoms with E-state index in [0.717, 1.165) is 77.0 Å². The van der Waals surface area contributed by atoms with Gasteiger partial charge in [-0.2, -0.15) is 0 Å². The van der Waals surface area contributed by atoms with Crippen molar-refractivity contribution < 1.29 is 14.7 Å². The molecule has 0 saturated heterocycles. The third-order valence-corrected chi connectivity index (χ3v) is 6.67. The number of aliphatic carboxylic acids is 1. The monoisotopic (exact) mass is 356 g/mol. The van der Waals surface area contributed by atoms with E-state index in [2.05, 4.69) is 24.3 Å². The predicted octanol–water partition coefficient (Wildman–Crippen LogP) is 5.35. The molecule has 0 aromatic heterocycles. The molecule has 0 aliphatic heterocycles. The Morgan fingerprint density at radius 1 is 0.808 bits per heavy atom. The van der Waals surface area contributed by atoms with E-state index in [-0.39, 0.29) is 10.8 Å². The molecule has 0 atom stereocenters. The molecule has 3 nitrogen and oxygen atoms in total. The first kappa shape index (κ1) is 19.1. The number of ketones is 1. The standard InChI is InChI=1S/C23H32O3/c1-18(24)22(14-15-22)12-4-2-6-19-8-10-20(11-9-19)7-3-5-13-23(16-17-23)21(25)26/h8-11H,2-7,12-17H2,1H3,(H,25,26). The highest BCUT2D eigenvalue weighted by atomic mass is 16.4. The maximum Gasteiger partial charge on any atom is 0.309 e. The normalized spacial score (nSPS) is 19.1. The average molecular weight is 357 g/mol. The highest BCUT2D eigenvalue weighted by Crippen LogP contribution is 2.51. The van der Waals surface area contributed by atoms with Gasteiger partial charge in [0.05, 0.1) is 5.41 Å². The molecule has 142 valence electrons. The second kappa shape index (κ2) is 7.94. The second-order valence-electron chi connectivity index (χ2n) is 8.65. The maximum absolute atomic E-state index is 11.6. The Hall–Kier alpha value is -1.64. The molecule has 26 heavy (non-hydrogen) atoms. The summed E-state index contributed by atoms with van der Waals surface area (Å²) in [5, 5.41) is 9.20. The van der Waals surface area contributed by atoms with Gasteiger partial charge in [-0.3, -0.25) is 9.59 Å². The summed E-state index contributed by atoms with van der Waals surface area (Å²) < 4.78 is 0. The van der Waals surface area contributed by atoms with Crippen molar-refractivity contribution in [1.82, 2.24) is 0 Å². The first-order valence-corrected chi connectivity index (χ1v) is 10.3. The molecule has 3 rings (SSSR count). The van der Waals surface area contributed by atoms with Crippen LogP contribution >= 0.6 is 0 Å². The van der Waals surface area contributed by atoms with E-state index >= 15 is 0 Å². The van der Waals surface area contributed by atoms with E-state index in [1.165, 1.54) is 11.1 Å². The molecule has 2 fully saturated rings. The number of carboxylic acid groups (broad SMARTS) is 1. The predicted molar refractivity (Wildman–Crippen MR) is 103 cm³/mol. The molecule has 2 saturated carbocycles. The molecular weight excluding hydrogens is 324 g/mol. The fourth-order valence-corrected chi connectivity index (χ4v) is 4.11. The molecular formula is C23H32O3. The van der Waals surface area contributed by atoms with Crippen LogP contribution in [0.5, 0.6) is 0 Å². The van der Waals surface area contributed by atoms with Gasteiger partial charge < -0.3 is 5.11 Å². The van der Waals surface area contributed by atoms with Gasteiger partial charge in [-0.05, 0) is 82.3 Å². The second-order valence-corrected chi connectivity index (χ2v) is 8.65.